The van der Waals surface area contributed by atoms with Gasteiger partial charge in [0.1, 0.15) is 18.0 Å². The van der Waals surface area contributed by atoms with Crippen LogP contribution < -0.4 is 4.74 Å². The SMILES string of the molecule is CC(C)OC(=O)CCC/C=C\C[C@@H]1[C@H](/C=C/C(=O)COc2ccccc2)[C@H](OC(=O)c2ccc3ccccc3c2)C[C@@H]1OC(=O)c1ccc2ccccc2c1. The standard InChI is InChI=1S/C47H46O8/c1-32(2)53-45(49)21-9-4-3-8-20-41-42(27-26-39(48)31-52-40-18-6-5-7-19-40)44(55-47(51)38-25-23-34-15-11-13-17-36(34)29-38)30-43(41)54-46(50)37-24-22-33-14-10-12-16-35(33)28-37/h3,5-8,10-19,22-29,32,41-44H,4,9,20-21,30-31H2,1-2H3/b8-3-,27-26+/t41-,42+,43+,44-/m1/s1. The number of ketones is 1. The normalized spacial score (nSPS) is 18.2. The van der Waals surface area contributed by atoms with Crippen LogP contribution in [-0.2, 0) is 23.8 Å². The highest BCUT2D eigenvalue weighted by Gasteiger charge is 2.46. The van der Waals surface area contributed by atoms with Gasteiger partial charge in [0.05, 0.1) is 17.2 Å². The quantitative estimate of drug-likeness (QED) is 0.0324. The molecule has 1 saturated carbocycles. The number of fused-ring (bicyclic) bond motifs is 2. The highest BCUT2D eigenvalue weighted by atomic mass is 16.6. The Morgan fingerprint density at radius 2 is 1.27 bits per heavy atom. The van der Waals surface area contributed by atoms with Crippen molar-refractivity contribution in [1.82, 2.24) is 0 Å². The van der Waals surface area contributed by atoms with Crippen molar-refractivity contribution in [3.63, 3.8) is 0 Å². The molecule has 8 heteroatoms. The third kappa shape index (κ3) is 10.8. The zero-order chi connectivity index (χ0) is 38.6. The molecule has 0 N–H and O–H groups in total. The Morgan fingerprint density at radius 3 is 1.89 bits per heavy atom. The maximum absolute atomic E-state index is 13.7. The summed E-state index contributed by atoms with van der Waals surface area (Å²) in [6.07, 6.45) is 8.03. The number of hydrogen-bond acceptors (Lipinski definition) is 8. The molecule has 1 aliphatic rings. The van der Waals surface area contributed by atoms with Crippen LogP contribution in [0.4, 0.5) is 0 Å². The first-order valence-electron chi connectivity index (χ1n) is 18.9. The van der Waals surface area contributed by atoms with Gasteiger partial charge in [0.15, 0.2) is 12.4 Å². The van der Waals surface area contributed by atoms with Crippen LogP contribution in [0.15, 0.2) is 140 Å². The molecule has 282 valence electrons. The van der Waals surface area contributed by atoms with E-state index in [2.05, 4.69) is 0 Å². The first-order chi connectivity index (χ1) is 26.7. The van der Waals surface area contributed by atoms with E-state index in [1.807, 2.05) is 111 Å². The van der Waals surface area contributed by atoms with Crippen LogP contribution in [0.2, 0.25) is 0 Å². The zero-order valence-corrected chi connectivity index (χ0v) is 31.2. The van der Waals surface area contributed by atoms with Gasteiger partial charge in [-0.15, -0.1) is 0 Å². The molecule has 4 atom stereocenters. The lowest BCUT2D eigenvalue weighted by molar-refractivity contribution is -0.147. The summed E-state index contributed by atoms with van der Waals surface area (Å²) in [7, 11) is 0. The van der Waals surface area contributed by atoms with Crippen LogP contribution in [0.1, 0.15) is 66.7 Å². The summed E-state index contributed by atoms with van der Waals surface area (Å²) in [5.41, 5.74) is 0.816. The van der Waals surface area contributed by atoms with E-state index in [1.54, 1.807) is 36.4 Å². The van der Waals surface area contributed by atoms with E-state index >= 15 is 0 Å². The molecular weight excluding hydrogens is 693 g/mol. The van der Waals surface area contributed by atoms with E-state index in [4.69, 9.17) is 18.9 Å². The number of hydrogen-bond donors (Lipinski definition) is 0. The zero-order valence-electron chi connectivity index (χ0n) is 31.2. The molecule has 0 aliphatic heterocycles. The number of esters is 3. The second kappa shape index (κ2) is 18.8. The Balaban J connectivity index is 1.24. The van der Waals surface area contributed by atoms with Crippen molar-refractivity contribution in [2.45, 2.75) is 64.3 Å². The van der Waals surface area contributed by atoms with Gasteiger partial charge in [0.2, 0.25) is 0 Å². The molecule has 8 nitrogen and oxygen atoms in total. The summed E-state index contributed by atoms with van der Waals surface area (Å²) in [6.45, 7) is 3.48. The Bertz CT molecular complexity index is 2170. The van der Waals surface area contributed by atoms with Gasteiger partial charge in [-0.3, -0.25) is 9.59 Å². The third-order valence-electron chi connectivity index (χ3n) is 9.68. The Labute approximate surface area is 321 Å². The molecular formula is C47H46O8. The molecule has 0 unspecified atom stereocenters. The summed E-state index contributed by atoms with van der Waals surface area (Å²) in [6, 6.07) is 35.5. The van der Waals surface area contributed by atoms with Crippen molar-refractivity contribution in [2.24, 2.45) is 11.8 Å². The Hall–Kier alpha value is -6.02. The minimum atomic E-state index is -0.698. The average Bonchev–Trinajstić information content (AvgIpc) is 3.51. The lowest BCUT2D eigenvalue weighted by Crippen LogP contribution is -2.26. The van der Waals surface area contributed by atoms with E-state index in [0.29, 0.717) is 42.6 Å². The highest BCUT2D eigenvalue weighted by Crippen LogP contribution is 2.41. The second-order valence-corrected chi connectivity index (χ2v) is 14.1. The Kier molecular flexibility index (Phi) is 13.3. The van der Waals surface area contributed by atoms with Crippen molar-refractivity contribution in [3.8, 4) is 5.75 Å². The van der Waals surface area contributed by atoms with Crippen molar-refractivity contribution in [1.29, 1.82) is 0 Å². The smallest absolute Gasteiger partial charge is 0.338 e. The van der Waals surface area contributed by atoms with Crippen LogP contribution in [0, 0.1) is 11.8 Å². The summed E-state index contributed by atoms with van der Waals surface area (Å²) >= 11 is 0. The summed E-state index contributed by atoms with van der Waals surface area (Å²) in [5, 5.41) is 3.83. The molecule has 0 saturated heterocycles. The molecule has 1 fully saturated rings. The van der Waals surface area contributed by atoms with E-state index < -0.39 is 30.1 Å². The molecule has 0 amide bonds. The molecule has 1 aliphatic carbocycles. The number of carbonyl (C=O) groups is 4. The van der Waals surface area contributed by atoms with E-state index in [-0.39, 0.29) is 36.8 Å². The number of allylic oxidation sites excluding steroid dienone is 2. The summed E-state index contributed by atoms with van der Waals surface area (Å²) < 4.78 is 23.4. The van der Waals surface area contributed by atoms with E-state index in [0.717, 1.165) is 21.5 Å². The minimum Gasteiger partial charge on any atom is -0.485 e. The lowest BCUT2D eigenvalue weighted by atomic mass is 9.89. The molecule has 0 aromatic heterocycles. The lowest BCUT2D eigenvalue weighted by Gasteiger charge is -2.23. The number of carbonyl (C=O) groups excluding carboxylic acids is 4. The minimum absolute atomic E-state index is 0.162. The maximum Gasteiger partial charge on any atom is 0.338 e. The molecule has 6 rings (SSSR count). The fraction of sp³-hybridized carbons (Fsp3) is 0.277. The van der Waals surface area contributed by atoms with Gasteiger partial charge in [-0.05, 0) is 97.1 Å². The predicted molar refractivity (Wildman–Crippen MR) is 213 cm³/mol. The van der Waals surface area contributed by atoms with Gasteiger partial charge in [-0.2, -0.15) is 0 Å². The number of para-hydroxylation sites is 1. The molecule has 0 heterocycles. The number of benzene rings is 5. The summed E-state index contributed by atoms with van der Waals surface area (Å²) in [4.78, 5) is 52.6. The first kappa shape index (κ1) is 38.7. The van der Waals surface area contributed by atoms with Gasteiger partial charge >= 0.3 is 17.9 Å². The van der Waals surface area contributed by atoms with Crippen LogP contribution in [-0.4, -0.2) is 48.6 Å². The fourth-order valence-electron chi connectivity index (χ4n) is 6.96. The monoisotopic (exact) mass is 738 g/mol. The first-order valence-corrected chi connectivity index (χ1v) is 18.9. The van der Waals surface area contributed by atoms with Gasteiger partial charge < -0.3 is 18.9 Å². The van der Waals surface area contributed by atoms with E-state index in [9.17, 15) is 19.2 Å². The maximum atomic E-state index is 13.7. The molecule has 5 aromatic rings. The summed E-state index contributed by atoms with van der Waals surface area (Å²) in [5.74, 6) is -1.70. The molecule has 55 heavy (non-hydrogen) atoms. The predicted octanol–water partition coefficient (Wildman–Crippen LogP) is 9.65. The molecule has 0 radical (unpaired) electrons. The highest BCUT2D eigenvalue weighted by molar-refractivity contribution is 5.96. The fourth-order valence-corrected chi connectivity index (χ4v) is 6.96. The van der Waals surface area contributed by atoms with Crippen molar-refractivity contribution in [2.75, 3.05) is 6.61 Å². The van der Waals surface area contributed by atoms with Crippen LogP contribution in [0.3, 0.4) is 0 Å². The third-order valence-corrected chi connectivity index (χ3v) is 9.68. The van der Waals surface area contributed by atoms with Gasteiger partial charge in [-0.1, -0.05) is 97.1 Å². The van der Waals surface area contributed by atoms with Gasteiger partial charge in [-0.25, -0.2) is 9.59 Å². The van der Waals surface area contributed by atoms with Crippen LogP contribution in [0.25, 0.3) is 21.5 Å². The topological polar surface area (TPSA) is 105 Å². The Morgan fingerprint density at radius 1 is 0.691 bits per heavy atom. The number of ether oxygens (including phenoxy) is 4. The average molecular weight is 739 g/mol. The van der Waals surface area contributed by atoms with Crippen LogP contribution in [0.5, 0.6) is 5.75 Å². The van der Waals surface area contributed by atoms with Gasteiger partial charge in [0.25, 0.3) is 0 Å². The van der Waals surface area contributed by atoms with Gasteiger partial charge in [0, 0.05) is 24.7 Å². The van der Waals surface area contributed by atoms with Crippen molar-refractivity contribution < 1.29 is 38.1 Å². The largest absolute Gasteiger partial charge is 0.485 e. The molecule has 0 bridgehead atoms. The van der Waals surface area contributed by atoms with Crippen molar-refractivity contribution in [3.05, 3.63) is 151 Å². The van der Waals surface area contributed by atoms with E-state index in [1.165, 1.54) is 6.08 Å². The second-order valence-electron chi connectivity index (χ2n) is 14.1. The molecule has 0 spiro atoms. The van der Waals surface area contributed by atoms with Crippen molar-refractivity contribution >= 4 is 45.2 Å². The number of unbranched alkanes of at least 4 members (excludes halogenated alkanes) is 1. The molecule has 5 aromatic carbocycles. The van der Waals surface area contributed by atoms with Crippen LogP contribution >= 0.6 is 0 Å². The number of rotatable bonds is 16.